The Hall–Kier alpha value is -2.88. The van der Waals surface area contributed by atoms with Crippen molar-refractivity contribution < 1.29 is 14.3 Å². The molecule has 4 heteroatoms. The number of ether oxygens (including phenoxy) is 1. The average Bonchev–Trinajstić information content (AvgIpc) is 2.93. The highest BCUT2D eigenvalue weighted by molar-refractivity contribution is 6.14. The normalized spacial score (nSPS) is 10.6. The zero-order valence-corrected chi connectivity index (χ0v) is 12.1. The zero-order valence-electron chi connectivity index (χ0n) is 12.1. The number of rotatable bonds is 4. The lowest BCUT2D eigenvalue weighted by atomic mass is 10.0. The number of aromatic amines is 1. The van der Waals surface area contributed by atoms with Crippen LogP contribution in [0.4, 0.5) is 0 Å². The number of hydrogen-bond donors (Lipinski definition) is 1. The standard InChI is InChI=1S/C18H15NO3/c1-12(20)22-11-16(21)17-14-9-5-6-10-15(14)19-18(17)13-7-3-2-4-8-13/h2-10,19H,11H2,1H3. The summed E-state index contributed by atoms with van der Waals surface area (Å²) in [6.07, 6.45) is 0. The molecular weight excluding hydrogens is 278 g/mol. The molecule has 1 heterocycles. The number of carbonyl (C=O) groups excluding carboxylic acids is 2. The van der Waals surface area contributed by atoms with Gasteiger partial charge in [0.1, 0.15) is 0 Å². The summed E-state index contributed by atoms with van der Waals surface area (Å²) in [7, 11) is 0. The van der Waals surface area contributed by atoms with Crippen molar-refractivity contribution >= 4 is 22.7 Å². The SMILES string of the molecule is CC(=O)OCC(=O)c1c(-c2ccccc2)[nH]c2ccccc12. The first-order chi connectivity index (χ1) is 10.7. The third-order valence-electron chi connectivity index (χ3n) is 3.45. The van der Waals surface area contributed by atoms with Crippen LogP contribution in [0, 0.1) is 0 Å². The summed E-state index contributed by atoms with van der Waals surface area (Å²) in [5, 5.41) is 0.832. The third kappa shape index (κ3) is 2.63. The summed E-state index contributed by atoms with van der Waals surface area (Å²) in [6, 6.07) is 17.2. The van der Waals surface area contributed by atoms with Gasteiger partial charge in [-0.2, -0.15) is 0 Å². The van der Waals surface area contributed by atoms with Gasteiger partial charge in [-0.25, -0.2) is 0 Å². The molecule has 0 aliphatic rings. The second kappa shape index (κ2) is 5.85. The summed E-state index contributed by atoms with van der Waals surface area (Å²) in [6.45, 7) is 1.04. The monoisotopic (exact) mass is 293 g/mol. The summed E-state index contributed by atoms with van der Waals surface area (Å²) >= 11 is 0. The molecule has 0 spiro atoms. The molecule has 3 aromatic rings. The molecule has 0 fully saturated rings. The Balaban J connectivity index is 2.13. The molecule has 1 N–H and O–H groups in total. The van der Waals surface area contributed by atoms with Gasteiger partial charge in [-0.1, -0.05) is 48.5 Å². The van der Waals surface area contributed by atoms with Crippen molar-refractivity contribution in [1.29, 1.82) is 0 Å². The van der Waals surface area contributed by atoms with Crippen LogP contribution in [0.1, 0.15) is 17.3 Å². The van der Waals surface area contributed by atoms with E-state index in [1.807, 2.05) is 54.6 Å². The lowest BCUT2D eigenvalue weighted by Gasteiger charge is -2.05. The van der Waals surface area contributed by atoms with Gasteiger partial charge in [0, 0.05) is 17.8 Å². The van der Waals surface area contributed by atoms with E-state index in [1.54, 1.807) is 0 Å². The van der Waals surface area contributed by atoms with Gasteiger partial charge in [-0.05, 0) is 11.6 Å². The largest absolute Gasteiger partial charge is 0.457 e. The predicted octanol–water partition coefficient (Wildman–Crippen LogP) is 3.58. The van der Waals surface area contributed by atoms with Crippen molar-refractivity contribution in [1.82, 2.24) is 4.98 Å². The Labute approximate surface area is 127 Å². The van der Waals surface area contributed by atoms with Crippen molar-refractivity contribution in [2.75, 3.05) is 6.61 Å². The van der Waals surface area contributed by atoms with Crippen molar-refractivity contribution in [2.45, 2.75) is 6.92 Å². The number of hydrogen-bond acceptors (Lipinski definition) is 3. The van der Waals surface area contributed by atoms with Crippen LogP contribution < -0.4 is 0 Å². The summed E-state index contributed by atoms with van der Waals surface area (Å²) in [4.78, 5) is 26.8. The van der Waals surface area contributed by atoms with Crippen molar-refractivity contribution in [3.63, 3.8) is 0 Å². The van der Waals surface area contributed by atoms with E-state index in [4.69, 9.17) is 4.74 Å². The number of nitrogens with one attached hydrogen (secondary N) is 1. The maximum atomic E-state index is 12.5. The molecule has 0 unspecified atom stereocenters. The minimum atomic E-state index is -0.463. The van der Waals surface area contributed by atoms with E-state index in [0.29, 0.717) is 5.56 Å². The van der Waals surface area contributed by atoms with Crippen LogP contribution in [0.2, 0.25) is 0 Å². The number of para-hydroxylation sites is 1. The molecule has 2 aromatic carbocycles. The number of fused-ring (bicyclic) bond motifs is 1. The molecule has 0 radical (unpaired) electrons. The Kier molecular flexibility index (Phi) is 3.74. The fourth-order valence-corrected chi connectivity index (χ4v) is 2.49. The Morgan fingerprint density at radius 2 is 1.68 bits per heavy atom. The van der Waals surface area contributed by atoms with E-state index in [9.17, 15) is 9.59 Å². The van der Waals surface area contributed by atoms with Gasteiger partial charge in [0.2, 0.25) is 5.78 Å². The fraction of sp³-hybridized carbons (Fsp3) is 0.111. The first kappa shape index (κ1) is 14.1. The molecule has 0 saturated carbocycles. The van der Waals surface area contributed by atoms with Gasteiger partial charge in [-0.15, -0.1) is 0 Å². The number of carbonyl (C=O) groups is 2. The summed E-state index contributed by atoms with van der Waals surface area (Å²) in [5.41, 5.74) is 3.11. The molecule has 3 rings (SSSR count). The topological polar surface area (TPSA) is 59.2 Å². The average molecular weight is 293 g/mol. The van der Waals surface area contributed by atoms with E-state index in [-0.39, 0.29) is 12.4 Å². The number of Topliss-reactive ketones (excluding diaryl/α,β-unsaturated/α-hetero) is 1. The molecule has 22 heavy (non-hydrogen) atoms. The van der Waals surface area contributed by atoms with Crippen molar-refractivity contribution in [3.05, 3.63) is 60.2 Å². The molecule has 110 valence electrons. The smallest absolute Gasteiger partial charge is 0.303 e. The molecule has 0 aliphatic carbocycles. The van der Waals surface area contributed by atoms with Crippen molar-refractivity contribution in [2.24, 2.45) is 0 Å². The van der Waals surface area contributed by atoms with E-state index >= 15 is 0 Å². The number of ketones is 1. The molecule has 4 nitrogen and oxygen atoms in total. The Morgan fingerprint density at radius 1 is 1.00 bits per heavy atom. The lowest BCUT2D eigenvalue weighted by Crippen LogP contribution is -2.12. The fourth-order valence-electron chi connectivity index (χ4n) is 2.49. The summed E-state index contributed by atoms with van der Waals surface area (Å²) < 4.78 is 4.86. The maximum absolute atomic E-state index is 12.5. The number of aromatic nitrogens is 1. The zero-order chi connectivity index (χ0) is 15.5. The number of benzene rings is 2. The molecule has 0 atom stereocenters. The molecule has 0 saturated heterocycles. The lowest BCUT2D eigenvalue weighted by molar-refractivity contribution is -0.139. The van der Waals surface area contributed by atoms with Gasteiger partial charge in [0.25, 0.3) is 0 Å². The minimum absolute atomic E-state index is 0.216. The Morgan fingerprint density at radius 3 is 2.41 bits per heavy atom. The molecule has 0 bridgehead atoms. The second-order valence-electron chi connectivity index (χ2n) is 4.99. The second-order valence-corrected chi connectivity index (χ2v) is 4.99. The van der Waals surface area contributed by atoms with Crippen LogP contribution in [0.15, 0.2) is 54.6 Å². The first-order valence-electron chi connectivity index (χ1n) is 6.99. The number of esters is 1. The van der Waals surface area contributed by atoms with E-state index < -0.39 is 5.97 Å². The van der Waals surface area contributed by atoms with Crippen LogP contribution in [-0.2, 0) is 9.53 Å². The molecular formula is C18H15NO3. The highest BCUT2D eigenvalue weighted by Crippen LogP contribution is 2.30. The molecule has 1 aromatic heterocycles. The van der Waals surface area contributed by atoms with E-state index in [2.05, 4.69) is 4.98 Å². The Bertz CT molecular complexity index is 834. The van der Waals surface area contributed by atoms with E-state index in [1.165, 1.54) is 6.92 Å². The predicted molar refractivity (Wildman–Crippen MR) is 84.7 cm³/mol. The number of H-pyrrole nitrogens is 1. The van der Waals surface area contributed by atoms with Gasteiger partial charge < -0.3 is 9.72 Å². The van der Waals surface area contributed by atoms with Crippen LogP contribution >= 0.6 is 0 Å². The van der Waals surface area contributed by atoms with Gasteiger partial charge in [-0.3, -0.25) is 9.59 Å². The van der Waals surface area contributed by atoms with Gasteiger partial charge in [0.05, 0.1) is 11.3 Å². The van der Waals surface area contributed by atoms with Crippen LogP contribution in [0.25, 0.3) is 22.2 Å². The molecule has 0 aliphatic heterocycles. The van der Waals surface area contributed by atoms with E-state index in [0.717, 1.165) is 22.2 Å². The molecule has 0 amide bonds. The minimum Gasteiger partial charge on any atom is -0.457 e. The van der Waals surface area contributed by atoms with Crippen molar-refractivity contribution in [3.8, 4) is 11.3 Å². The van der Waals surface area contributed by atoms with Gasteiger partial charge in [0.15, 0.2) is 6.61 Å². The summed E-state index contributed by atoms with van der Waals surface area (Å²) in [5.74, 6) is -0.680. The van der Waals surface area contributed by atoms with Crippen LogP contribution in [0.3, 0.4) is 0 Å². The quantitative estimate of drug-likeness (QED) is 0.591. The highest BCUT2D eigenvalue weighted by atomic mass is 16.5. The van der Waals surface area contributed by atoms with Crippen LogP contribution in [0.5, 0.6) is 0 Å². The first-order valence-corrected chi connectivity index (χ1v) is 6.99. The maximum Gasteiger partial charge on any atom is 0.303 e. The van der Waals surface area contributed by atoms with Crippen LogP contribution in [-0.4, -0.2) is 23.3 Å². The highest BCUT2D eigenvalue weighted by Gasteiger charge is 2.20. The van der Waals surface area contributed by atoms with Gasteiger partial charge >= 0.3 is 5.97 Å². The third-order valence-corrected chi connectivity index (χ3v) is 3.45.